The summed E-state index contributed by atoms with van der Waals surface area (Å²) in [5, 5.41) is 2.85. The minimum Gasteiger partial charge on any atom is -0.376 e. The third kappa shape index (κ3) is 6.37. The molecule has 36 heavy (non-hydrogen) atoms. The van der Waals surface area contributed by atoms with E-state index in [0.717, 1.165) is 18.4 Å². The number of nitrogens with one attached hydrogen (secondary N) is 1. The summed E-state index contributed by atoms with van der Waals surface area (Å²) in [4.78, 5) is 32.3. The first-order valence-corrected chi connectivity index (χ1v) is 12.4. The summed E-state index contributed by atoms with van der Waals surface area (Å²) in [7, 11) is 0. The van der Waals surface area contributed by atoms with Crippen molar-refractivity contribution in [2.24, 2.45) is 5.92 Å². The quantitative estimate of drug-likeness (QED) is 0.457. The van der Waals surface area contributed by atoms with Gasteiger partial charge in [-0.2, -0.15) is 0 Å². The van der Waals surface area contributed by atoms with Crippen molar-refractivity contribution in [3.8, 4) is 16.9 Å². The van der Waals surface area contributed by atoms with Gasteiger partial charge in [0, 0.05) is 31.3 Å². The van der Waals surface area contributed by atoms with E-state index in [2.05, 4.69) is 10.3 Å². The molecule has 8 heteroatoms. The molecule has 0 spiro atoms. The van der Waals surface area contributed by atoms with Gasteiger partial charge in [0.2, 0.25) is 17.8 Å². The average Bonchev–Trinajstić information content (AvgIpc) is 3.51. The number of benzene rings is 2. The molecule has 0 saturated carbocycles. The molecular formula is C28H33FN4O3. The van der Waals surface area contributed by atoms with Crippen LogP contribution in [0.4, 0.5) is 10.3 Å². The highest BCUT2D eigenvalue weighted by Crippen LogP contribution is 2.25. The van der Waals surface area contributed by atoms with E-state index in [1.165, 1.54) is 6.07 Å². The van der Waals surface area contributed by atoms with E-state index >= 15 is 0 Å². The molecule has 1 aliphatic rings. The molecule has 1 saturated heterocycles. The molecule has 1 fully saturated rings. The summed E-state index contributed by atoms with van der Waals surface area (Å²) in [5.74, 6) is -0.359. The number of rotatable bonds is 9. The molecule has 0 radical (unpaired) electrons. The van der Waals surface area contributed by atoms with E-state index in [9.17, 15) is 14.0 Å². The lowest BCUT2D eigenvalue weighted by Gasteiger charge is -2.25. The molecule has 0 unspecified atom stereocenters. The summed E-state index contributed by atoms with van der Waals surface area (Å²) in [6.07, 6.45) is 3.89. The molecule has 1 aromatic heterocycles. The zero-order valence-corrected chi connectivity index (χ0v) is 21.0. The van der Waals surface area contributed by atoms with Crippen molar-refractivity contribution in [2.45, 2.75) is 46.1 Å². The van der Waals surface area contributed by atoms with Crippen LogP contribution in [0.25, 0.3) is 16.9 Å². The zero-order valence-electron chi connectivity index (χ0n) is 21.0. The number of carbonyl (C=O) groups excluding carboxylic acids is 2. The number of hydrogen-bond donors (Lipinski definition) is 1. The molecule has 0 bridgehead atoms. The molecule has 1 N–H and O–H groups in total. The maximum atomic E-state index is 14.4. The monoisotopic (exact) mass is 492 g/mol. The summed E-state index contributed by atoms with van der Waals surface area (Å²) in [6.45, 7) is 6.60. The van der Waals surface area contributed by atoms with Gasteiger partial charge in [-0.3, -0.25) is 19.5 Å². The van der Waals surface area contributed by atoms with Crippen molar-refractivity contribution in [2.75, 3.05) is 25.0 Å². The highest BCUT2D eigenvalue weighted by atomic mass is 19.1. The molecule has 1 aliphatic heterocycles. The molecular weight excluding hydrogens is 459 g/mol. The first-order chi connectivity index (χ1) is 17.3. The van der Waals surface area contributed by atoms with Crippen LogP contribution < -0.4 is 5.32 Å². The second-order valence-corrected chi connectivity index (χ2v) is 9.67. The third-order valence-corrected chi connectivity index (χ3v) is 6.18. The zero-order chi connectivity index (χ0) is 25.7. The fourth-order valence-corrected chi connectivity index (χ4v) is 4.25. The normalized spacial score (nSPS) is 15.3. The van der Waals surface area contributed by atoms with Crippen LogP contribution in [0, 0.1) is 18.7 Å². The molecule has 4 rings (SSSR count). The number of hydrogen-bond acceptors (Lipinski definition) is 4. The number of aryl methyl sites for hydroxylation is 1. The molecule has 2 heterocycles. The van der Waals surface area contributed by atoms with Crippen LogP contribution in [0.3, 0.4) is 0 Å². The number of amides is 2. The largest absolute Gasteiger partial charge is 0.376 e. The van der Waals surface area contributed by atoms with Gasteiger partial charge < -0.3 is 9.64 Å². The lowest BCUT2D eigenvalue weighted by Crippen LogP contribution is -2.42. The third-order valence-electron chi connectivity index (χ3n) is 6.18. The number of ether oxygens (including phenoxy) is 1. The number of halogens is 1. The second-order valence-electron chi connectivity index (χ2n) is 9.67. The maximum absolute atomic E-state index is 14.4. The minimum absolute atomic E-state index is 0.0592. The number of nitrogens with zero attached hydrogens (tertiary/aromatic N) is 3. The van der Waals surface area contributed by atoms with Crippen molar-refractivity contribution in [3.05, 3.63) is 66.1 Å². The Labute approximate surface area is 211 Å². The number of anilines is 1. The lowest BCUT2D eigenvalue weighted by molar-refractivity contribution is -0.136. The maximum Gasteiger partial charge on any atom is 0.246 e. The van der Waals surface area contributed by atoms with E-state index in [1.54, 1.807) is 34.7 Å². The van der Waals surface area contributed by atoms with Crippen LogP contribution in [0.15, 0.2) is 54.7 Å². The Kier molecular flexibility index (Phi) is 8.15. The molecule has 3 aromatic rings. The van der Waals surface area contributed by atoms with Crippen molar-refractivity contribution in [1.82, 2.24) is 14.5 Å². The van der Waals surface area contributed by atoms with Gasteiger partial charge in [-0.15, -0.1) is 0 Å². The minimum atomic E-state index is -0.371. The predicted octanol–water partition coefficient (Wildman–Crippen LogP) is 4.98. The van der Waals surface area contributed by atoms with Crippen LogP contribution in [0.2, 0.25) is 0 Å². The summed E-state index contributed by atoms with van der Waals surface area (Å²) in [5.41, 5.74) is 2.57. The van der Waals surface area contributed by atoms with Gasteiger partial charge in [0.15, 0.2) is 0 Å². The van der Waals surface area contributed by atoms with Gasteiger partial charge in [0.1, 0.15) is 12.4 Å². The summed E-state index contributed by atoms with van der Waals surface area (Å²) < 4.78 is 21.7. The van der Waals surface area contributed by atoms with Crippen molar-refractivity contribution in [3.63, 3.8) is 0 Å². The standard InChI is InChI=1S/C28H33FN4O3/c1-19(2)14-27(35)32(16-23-10-7-13-36-23)18-26(34)31-28-30-25(21-8-5-4-6-9-21)17-33(28)22-12-11-20(3)24(29)15-22/h4-6,8-9,11-12,15,17,19,23H,7,10,13-14,16,18H2,1-3H3,(H,30,31,34)/t23-/m0/s1. The molecule has 2 amide bonds. The van der Waals surface area contributed by atoms with Crippen LogP contribution in [-0.4, -0.2) is 52.1 Å². The van der Waals surface area contributed by atoms with Gasteiger partial charge in [-0.1, -0.05) is 50.2 Å². The second kappa shape index (κ2) is 11.5. The SMILES string of the molecule is Cc1ccc(-n2cc(-c3ccccc3)nc2NC(=O)CN(C[C@@H]2CCCO2)C(=O)CC(C)C)cc1F. The van der Waals surface area contributed by atoms with E-state index in [-0.39, 0.29) is 42.1 Å². The lowest BCUT2D eigenvalue weighted by atomic mass is 10.1. The van der Waals surface area contributed by atoms with Gasteiger partial charge in [-0.25, -0.2) is 9.37 Å². The van der Waals surface area contributed by atoms with Gasteiger partial charge in [0.25, 0.3) is 0 Å². The molecule has 190 valence electrons. The van der Waals surface area contributed by atoms with E-state index in [4.69, 9.17) is 4.74 Å². The van der Waals surface area contributed by atoms with Crippen LogP contribution in [0.1, 0.15) is 38.7 Å². The Bertz CT molecular complexity index is 1200. The van der Waals surface area contributed by atoms with Crippen LogP contribution >= 0.6 is 0 Å². The average molecular weight is 493 g/mol. The van der Waals surface area contributed by atoms with E-state index in [0.29, 0.717) is 36.5 Å². The van der Waals surface area contributed by atoms with E-state index in [1.807, 2.05) is 44.2 Å². The van der Waals surface area contributed by atoms with Crippen molar-refractivity contribution >= 4 is 17.8 Å². The highest BCUT2D eigenvalue weighted by Gasteiger charge is 2.25. The predicted molar refractivity (Wildman–Crippen MR) is 137 cm³/mol. The number of carbonyl (C=O) groups is 2. The fourth-order valence-electron chi connectivity index (χ4n) is 4.25. The van der Waals surface area contributed by atoms with Gasteiger partial charge in [0.05, 0.1) is 17.5 Å². The Morgan fingerprint density at radius 1 is 1.22 bits per heavy atom. The first-order valence-electron chi connectivity index (χ1n) is 12.4. The number of aromatic nitrogens is 2. The summed E-state index contributed by atoms with van der Waals surface area (Å²) >= 11 is 0. The van der Waals surface area contributed by atoms with Gasteiger partial charge in [-0.05, 0) is 43.4 Å². The fraction of sp³-hybridized carbons (Fsp3) is 0.393. The number of imidazole rings is 1. The van der Waals surface area contributed by atoms with Crippen LogP contribution in [0.5, 0.6) is 0 Å². The Morgan fingerprint density at radius 3 is 2.67 bits per heavy atom. The molecule has 0 aliphatic carbocycles. The molecule has 7 nitrogen and oxygen atoms in total. The smallest absolute Gasteiger partial charge is 0.246 e. The first kappa shape index (κ1) is 25.6. The van der Waals surface area contributed by atoms with Crippen molar-refractivity contribution < 1.29 is 18.7 Å². The Balaban J connectivity index is 1.59. The Morgan fingerprint density at radius 2 is 2.00 bits per heavy atom. The highest BCUT2D eigenvalue weighted by molar-refractivity contribution is 5.94. The molecule has 1 atom stereocenters. The van der Waals surface area contributed by atoms with Crippen molar-refractivity contribution in [1.29, 1.82) is 0 Å². The van der Waals surface area contributed by atoms with E-state index < -0.39 is 0 Å². The topological polar surface area (TPSA) is 76.5 Å². The Hall–Kier alpha value is -3.52. The summed E-state index contributed by atoms with van der Waals surface area (Å²) in [6, 6.07) is 14.4. The van der Waals surface area contributed by atoms with Gasteiger partial charge >= 0.3 is 0 Å². The molecule has 2 aromatic carbocycles. The van der Waals surface area contributed by atoms with Crippen LogP contribution in [-0.2, 0) is 14.3 Å².